The van der Waals surface area contributed by atoms with Crippen LogP contribution in [0, 0.1) is 0 Å². The van der Waals surface area contributed by atoms with Crippen LogP contribution in [0.3, 0.4) is 0 Å². The lowest BCUT2D eigenvalue weighted by Crippen LogP contribution is -2.26. The number of ether oxygens (including phenoxy) is 1. The molecule has 0 atom stereocenters. The van der Waals surface area contributed by atoms with Crippen LogP contribution in [0.2, 0.25) is 0 Å². The van der Waals surface area contributed by atoms with Gasteiger partial charge >= 0.3 is 5.97 Å². The average Bonchev–Trinajstić information content (AvgIpc) is 2.98. The fourth-order valence-corrected chi connectivity index (χ4v) is 2.41. The monoisotopic (exact) mass is 295 g/mol. The molecule has 1 amide bonds. The van der Waals surface area contributed by atoms with E-state index in [1.54, 1.807) is 0 Å². The van der Waals surface area contributed by atoms with Gasteiger partial charge in [-0.15, -0.1) is 0 Å². The molecule has 1 aromatic heterocycles. The summed E-state index contributed by atoms with van der Waals surface area (Å²) in [5.74, 6) is -1.50. The maximum absolute atomic E-state index is 11.7. The quantitative estimate of drug-likeness (QED) is 0.754. The van der Waals surface area contributed by atoms with Gasteiger partial charge in [-0.3, -0.25) is 4.79 Å². The lowest BCUT2D eigenvalue weighted by atomic mass is 9.98. The number of nitrogens with one attached hydrogen (secondary N) is 1. The van der Waals surface area contributed by atoms with E-state index < -0.39 is 11.9 Å². The highest BCUT2D eigenvalue weighted by molar-refractivity contribution is 5.95. The molecule has 1 aliphatic rings. The van der Waals surface area contributed by atoms with Crippen LogP contribution < -0.4 is 5.32 Å². The van der Waals surface area contributed by atoms with Gasteiger partial charge in [0.2, 0.25) is 0 Å². The molecule has 21 heavy (non-hydrogen) atoms. The summed E-state index contributed by atoms with van der Waals surface area (Å²) in [5, 5.41) is 11.4. The van der Waals surface area contributed by atoms with Gasteiger partial charge in [-0.25, -0.2) is 4.79 Å². The number of hydrogen-bond acceptors (Lipinski definition) is 4. The molecule has 0 aliphatic heterocycles. The first-order valence-corrected chi connectivity index (χ1v) is 7.38. The largest absolute Gasteiger partial charge is 0.478 e. The number of amides is 1. The first kappa shape index (κ1) is 15.6. The molecule has 2 N–H and O–H groups in total. The van der Waals surface area contributed by atoms with E-state index >= 15 is 0 Å². The van der Waals surface area contributed by atoms with Crippen LogP contribution in [0.5, 0.6) is 0 Å². The van der Waals surface area contributed by atoms with Gasteiger partial charge in [0.05, 0.1) is 11.7 Å². The third-order valence-electron chi connectivity index (χ3n) is 3.58. The van der Waals surface area contributed by atoms with E-state index in [-0.39, 0.29) is 11.3 Å². The summed E-state index contributed by atoms with van der Waals surface area (Å²) in [7, 11) is 0. The fourth-order valence-electron chi connectivity index (χ4n) is 2.41. The van der Waals surface area contributed by atoms with Crippen LogP contribution >= 0.6 is 0 Å². The van der Waals surface area contributed by atoms with Gasteiger partial charge < -0.3 is 19.6 Å². The zero-order valence-corrected chi connectivity index (χ0v) is 12.0. The number of rotatable bonds is 7. The van der Waals surface area contributed by atoms with Gasteiger partial charge in [-0.05, 0) is 19.3 Å². The third kappa shape index (κ3) is 4.90. The summed E-state index contributed by atoms with van der Waals surface area (Å²) in [6.07, 6.45) is 8.22. The van der Waals surface area contributed by atoms with Gasteiger partial charge in [0.25, 0.3) is 5.91 Å². The van der Waals surface area contributed by atoms with Crippen molar-refractivity contribution in [2.45, 2.75) is 44.6 Å². The van der Waals surface area contributed by atoms with Gasteiger partial charge in [-0.1, -0.05) is 19.3 Å². The van der Waals surface area contributed by atoms with Crippen LogP contribution in [0.1, 0.15) is 59.4 Å². The summed E-state index contributed by atoms with van der Waals surface area (Å²) in [6.45, 7) is 1.11. The van der Waals surface area contributed by atoms with E-state index in [1.165, 1.54) is 25.3 Å². The molecular formula is C15H21NO5. The van der Waals surface area contributed by atoms with Gasteiger partial charge in [0.15, 0.2) is 5.76 Å². The third-order valence-corrected chi connectivity index (χ3v) is 3.58. The molecule has 1 heterocycles. The first-order valence-electron chi connectivity index (χ1n) is 7.38. The van der Waals surface area contributed by atoms with Crippen LogP contribution in [0.4, 0.5) is 0 Å². The second kappa shape index (κ2) is 7.83. The van der Waals surface area contributed by atoms with E-state index in [1.807, 2.05) is 0 Å². The van der Waals surface area contributed by atoms with Crippen molar-refractivity contribution >= 4 is 11.9 Å². The zero-order chi connectivity index (χ0) is 15.1. The maximum Gasteiger partial charge on any atom is 0.338 e. The molecule has 6 heteroatoms. The molecule has 6 nitrogen and oxygen atoms in total. The predicted octanol–water partition coefficient (Wildman–Crippen LogP) is 2.45. The van der Waals surface area contributed by atoms with E-state index in [0.29, 0.717) is 19.3 Å². The second-order valence-electron chi connectivity index (χ2n) is 5.25. The van der Waals surface area contributed by atoms with Crippen molar-refractivity contribution in [3.8, 4) is 0 Å². The summed E-state index contributed by atoms with van der Waals surface area (Å²) in [6, 6.07) is 1.22. The molecule has 2 rings (SSSR count). The van der Waals surface area contributed by atoms with Crippen molar-refractivity contribution in [3.05, 3.63) is 23.7 Å². The average molecular weight is 295 g/mol. The number of furan rings is 1. The lowest BCUT2D eigenvalue weighted by molar-refractivity contribution is 0.0273. The van der Waals surface area contributed by atoms with E-state index in [2.05, 4.69) is 5.32 Å². The molecule has 1 fully saturated rings. The standard InChI is InChI=1S/C15H21NO5/c17-14(13-9-11(10-21-13)15(18)19)16-7-4-8-20-12-5-2-1-3-6-12/h9-10,12H,1-8H2,(H,16,17)(H,18,19). The molecule has 0 unspecified atom stereocenters. The first-order chi connectivity index (χ1) is 10.2. The van der Waals surface area contributed by atoms with Crippen molar-refractivity contribution in [2.24, 2.45) is 0 Å². The minimum atomic E-state index is -1.11. The predicted molar refractivity (Wildman–Crippen MR) is 75.4 cm³/mol. The molecule has 0 saturated heterocycles. The number of carbonyl (C=O) groups excluding carboxylic acids is 1. The Morgan fingerprint density at radius 2 is 2.10 bits per heavy atom. The smallest absolute Gasteiger partial charge is 0.338 e. The van der Waals surface area contributed by atoms with Crippen LogP contribution in [-0.4, -0.2) is 36.2 Å². The Bertz CT molecular complexity index is 476. The highest BCUT2D eigenvalue weighted by Crippen LogP contribution is 2.20. The van der Waals surface area contributed by atoms with E-state index in [4.69, 9.17) is 14.3 Å². The van der Waals surface area contributed by atoms with Gasteiger partial charge in [0.1, 0.15) is 6.26 Å². The van der Waals surface area contributed by atoms with Gasteiger partial charge in [-0.2, -0.15) is 0 Å². The fraction of sp³-hybridized carbons (Fsp3) is 0.600. The Hall–Kier alpha value is -1.82. The van der Waals surface area contributed by atoms with Crippen molar-refractivity contribution in [1.29, 1.82) is 0 Å². The van der Waals surface area contributed by atoms with Crippen LogP contribution in [0.15, 0.2) is 16.7 Å². The number of carboxylic acids is 1. The van der Waals surface area contributed by atoms with Crippen molar-refractivity contribution < 1.29 is 23.8 Å². The molecule has 0 bridgehead atoms. The highest BCUT2D eigenvalue weighted by atomic mass is 16.5. The van der Waals surface area contributed by atoms with E-state index in [0.717, 1.165) is 25.5 Å². The topological polar surface area (TPSA) is 88.8 Å². The van der Waals surface area contributed by atoms with Crippen LogP contribution in [-0.2, 0) is 4.74 Å². The molecular weight excluding hydrogens is 274 g/mol. The molecule has 116 valence electrons. The Labute approximate surface area is 123 Å². The molecule has 0 aromatic carbocycles. The molecule has 0 radical (unpaired) electrons. The minimum absolute atomic E-state index is 0.0144. The summed E-state index contributed by atoms with van der Waals surface area (Å²) in [5.41, 5.74) is -0.0271. The summed E-state index contributed by atoms with van der Waals surface area (Å²) in [4.78, 5) is 22.4. The lowest BCUT2D eigenvalue weighted by Gasteiger charge is -2.21. The molecule has 1 saturated carbocycles. The molecule has 0 spiro atoms. The molecule has 1 aliphatic carbocycles. The number of aromatic carboxylic acids is 1. The van der Waals surface area contributed by atoms with Crippen LogP contribution in [0.25, 0.3) is 0 Å². The number of hydrogen-bond donors (Lipinski definition) is 2. The molecule has 1 aromatic rings. The normalized spacial score (nSPS) is 15.8. The summed E-state index contributed by atoms with van der Waals surface area (Å²) < 4.78 is 10.7. The Morgan fingerprint density at radius 3 is 2.76 bits per heavy atom. The van der Waals surface area contributed by atoms with Crippen molar-refractivity contribution in [2.75, 3.05) is 13.2 Å². The second-order valence-corrected chi connectivity index (χ2v) is 5.25. The van der Waals surface area contributed by atoms with Crippen molar-refractivity contribution in [1.82, 2.24) is 5.32 Å². The summed E-state index contributed by atoms with van der Waals surface area (Å²) >= 11 is 0. The zero-order valence-electron chi connectivity index (χ0n) is 12.0. The van der Waals surface area contributed by atoms with E-state index in [9.17, 15) is 9.59 Å². The minimum Gasteiger partial charge on any atom is -0.478 e. The number of carbonyl (C=O) groups is 2. The highest BCUT2D eigenvalue weighted by Gasteiger charge is 2.15. The van der Waals surface area contributed by atoms with Crippen molar-refractivity contribution in [3.63, 3.8) is 0 Å². The Balaban J connectivity index is 1.61. The SMILES string of the molecule is O=C(O)c1coc(C(=O)NCCCOC2CCCCC2)c1. The Kier molecular flexibility index (Phi) is 5.80. The maximum atomic E-state index is 11.7. The van der Waals surface area contributed by atoms with Gasteiger partial charge in [0, 0.05) is 19.2 Å². The number of carboxylic acid groups (broad SMARTS) is 1. The Morgan fingerprint density at radius 1 is 1.33 bits per heavy atom.